The summed E-state index contributed by atoms with van der Waals surface area (Å²) in [6.07, 6.45) is 0. The van der Waals surface area contributed by atoms with Crippen molar-refractivity contribution < 1.29 is 14.2 Å². The van der Waals surface area contributed by atoms with Gasteiger partial charge in [0.05, 0.1) is 5.30 Å². The summed E-state index contributed by atoms with van der Waals surface area (Å²) < 4.78 is 13.3. The number of benzene rings is 3. The minimum Gasteiger partial charge on any atom is -0.289 e. The summed E-state index contributed by atoms with van der Waals surface area (Å²) in [6, 6.07) is 16.2. The molecule has 0 saturated heterocycles. The fourth-order valence-electron chi connectivity index (χ4n) is 3.64. The first-order chi connectivity index (χ1) is 13.7. The molecule has 4 heteroatoms. The van der Waals surface area contributed by atoms with Crippen LogP contribution in [0.4, 0.5) is 0 Å². The molecule has 3 nitrogen and oxygen atoms in total. The molecular weight excluding hydrogens is 379 g/mol. The third-order valence-electron chi connectivity index (χ3n) is 5.42. The van der Waals surface area contributed by atoms with E-state index in [9.17, 15) is 14.2 Å². The van der Waals surface area contributed by atoms with Crippen molar-refractivity contribution >= 4 is 24.4 Å². The largest absolute Gasteiger partial charge is 0.289 e. The Bertz CT molecular complexity index is 1140. The van der Waals surface area contributed by atoms with Crippen LogP contribution >= 0.6 is 7.80 Å². The molecule has 0 heterocycles. The monoisotopic (exact) mass is 403 g/mol. The molecule has 29 heavy (non-hydrogen) atoms. The Morgan fingerprint density at radius 3 is 1.86 bits per heavy atom. The number of hydrogen-bond acceptors (Lipinski definition) is 3. The molecule has 0 bridgehead atoms. The van der Waals surface area contributed by atoms with Crippen LogP contribution in [0.1, 0.15) is 54.1 Å². The number of aryl methyl sites for hydroxylation is 4. The molecule has 3 aromatic carbocycles. The van der Waals surface area contributed by atoms with Crippen molar-refractivity contribution in [2.75, 3.05) is 0 Å². The van der Waals surface area contributed by atoms with Crippen molar-refractivity contribution in [3.8, 4) is 0 Å². The molecule has 147 valence electrons. The normalized spacial score (nSPS) is 11.3. The molecule has 0 fully saturated rings. The number of ketones is 1. The molecule has 1 radical (unpaired) electrons. The van der Waals surface area contributed by atoms with E-state index in [2.05, 4.69) is 0 Å². The Kier molecular flexibility index (Phi) is 5.91. The zero-order chi connectivity index (χ0) is 21.3. The third-order valence-corrected chi connectivity index (χ3v) is 6.84. The van der Waals surface area contributed by atoms with Gasteiger partial charge in [0.25, 0.3) is 0 Å². The quantitative estimate of drug-likeness (QED) is 0.402. The Morgan fingerprint density at radius 2 is 1.21 bits per heavy atom. The first kappa shape index (κ1) is 20.8. The van der Waals surface area contributed by atoms with Crippen molar-refractivity contribution in [2.45, 2.75) is 34.6 Å². The molecule has 3 aromatic rings. The predicted molar refractivity (Wildman–Crippen MR) is 118 cm³/mol. The van der Waals surface area contributed by atoms with Crippen LogP contribution in [-0.2, 0) is 4.57 Å². The van der Waals surface area contributed by atoms with E-state index in [1.54, 1.807) is 24.3 Å². The van der Waals surface area contributed by atoms with Crippen molar-refractivity contribution in [3.05, 3.63) is 99.1 Å². The number of carbonyl (C=O) groups is 2. The molecule has 0 aliphatic heterocycles. The second-order valence-electron chi connectivity index (χ2n) is 7.41. The highest BCUT2D eigenvalue weighted by Gasteiger charge is 2.26. The van der Waals surface area contributed by atoms with Crippen LogP contribution in [0.25, 0.3) is 0 Å². The van der Waals surface area contributed by atoms with Gasteiger partial charge in [0.2, 0.25) is 5.52 Å². The number of carbonyl (C=O) groups excluding carboxylic acids is 2. The molecule has 0 aliphatic carbocycles. The second kappa shape index (κ2) is 8.23. The van der Waals surface area contributed by atoms with E-state index in [1.807, 2.05) is 65.0 Å². The first-order valence-electron chi connectivity index (χ1n) is 9.52. The van der Waals surface area contributed by atoms with Crippen LogP contribution in [0.5, 0.6) is 0 Å². The summed E-state index contributed by atoms with van der Waals surface area (Å²) in [6.45, 7) is 9.44. The highest BCUT2D eigenvalue weighted by Crippen LogP contribution is 2.32. The van der Waals surface area contributed by atoms with Crippen LogP contribution in [-0.4, -0.2) is 11.3 Å². The summed E-state index contributed by atoms with van der Waals surface area (Å²) in [5.74, 6) is -0.197. The lowest BCUT2D eigenvalue weighted by Gasteiger charge is -2.14. The molecule has 0 saturated carbocycles. The minimum atomic E-state index is -2.43. The lowest BCUT2D eigenvalue weighted by atomic mass is 9.92. The van der Waals surface area contributed by atoms with Crippen LogP contribution < -0.4 is 5.30 Å². The van der Waals surface area contributed by atoms with Gasteiger partial charge in [-0.25, -0.2) is 0 Å². The van der Waals surface area contributed by atoms with E-state index in [0.29, 0.717) is 22.0 Å². The molecular formula is C25H24O3P. The highest BCUT2D eigenvalue weighted by atomic mass is 31.1. The molecule has 0 amide bonds. The molecule has 1 atom stereocenters. The number of hydrogen-bond donors (Lipinski definition) is 0. The zero-order valence-corrected chi connectivity index (χ0v) is 18.3. The molecule has 0 aromatic heterocycles. The standard InChI is InChI=1S/C25H24O3P/c1-15-13-14-18(4)23(19(15)5)24(26)20-11-6-7-12-21(20)29(28)25(27)22-16(2)9-8-10-17(22)3/h6-14H,1-5H3. The zero-order valence-electron chi connectivity index (χ0n) is 17.4. The summed E-state index contributed by atoms with van der Waals surface area (Å²) in [7, 11) is -2.43. The summed E-state index contributed by atoms with van der Waals surface area (Å²) in [5, 5.41) is 0.292. The van der Waals surface area contributed by atoms with Crippen molar-refractivity contribution in [2.24, 2.45) is 0 Å². The van der Waals surface area contributed by atoms with Crippen LogP contribution in [0.2, 0.25) is 0 Å². The SMILES string of the molecule is Cc1ccc(C)c(C(=O)c2ccccc2[P](=O)C(=O)c2c(C)cccc2C)c1C. The smallest absolute Gasteiger partial charge is 0.247 e. The van der Waals surface area contributed by atoms with Gasteiger partial charge < -0.3 is 0 Å². The van der Waals surface area contributed by atoms with Gasteiger partial charge in [-0.15, -0.1) is 0 Å². The first-order valence-corrected chi connectivity index (χ1v) is 10.8. The maximum Gasteiger partial charge on any atom is 0.247 e. The maximum absolute atomic E-state index is 13.4. The van der Waals surface area contributed by atoms with Crippen LogP contribution in [0.3, 0.4) is 0 Å². The van der Waals surface area contributed by atoms with E-state index in [-0.39, 0.29) is 5.78 Å². The molecule has 0 aliphatic rings. The van der Waals surface area contributed by atoms with Gasteiger partial charge in [0.15, 0.2) is 13.6 Å². The predicted octanol–water partition coefficient (Wildman–Crippen LogP) is 5.75. The average molecular weight is 403 g/mol. The number of rotatable bonds is 5. The Morgan fingerprint density at radius 1 is 0.655 bits per heavy atom. The van der Waals surface area contributed by atoms with Gasteiger partial charge in [-0.2, -0.15) is 0 Å². The van der Waals surface area contributed by atoms with Gasteiger partial charge in [-0.05, 0) is 74.6 Å². The van der Waals surface area contributed by atoms with Gasteiger partial charge in [0.1, 0.15) is 0 Å². The fourth-order valence-corrected chi connectivity index (χ4v) is 5.03. The summed E-state index contributed by atoms with van der Waals surface area (Å²) >= 11 is 0. The molecule has 0 spiro atoms. The molecule has 1 unspecified atom stereocenters. The van der Waals surface area contributed by atoms with E-state index < -0.39 is 13.3 Å². The molecule has 0 N–H and O–H groups in total. The van der Waals surface area contributed by atoms with Gasteiger partial charge >= 0.3 is 0 Å². The second-order valence-corrected chi connectivity index (χ2v) is 8.89. The molecule has 3 rings (SSSR count). The highest BCUT2D eigenvalue weighted by molar-refractivity contribution is 7.71. The van der Waals surface area contributed by atoms with Crippen molar-refractivity contribution in [3.63, 3.8) is 0 Å². The topological polar surface area (TPSA) is 51.2 Å². The Hall–Kier alpha value is -2.90. The van der Waals surface area contributed by atoms with Crippen molar-refractivity contribution in [1.82, 2.24) is 0 Å². The van der Waals surface area contributed by atoms with Gasteiger partial charge in [-0.1, -0.05) is 42.5 Å². The van der Waals surface area contributed by atoms with Crippen molar-refractivity contribution in [1.29, 1.82) is 0 Å². The lowest BCUT2D eigenvalue weighted by molar-refractivity contribution is 0.103. The minimum absolute atomic E-state index is 0.197. The lowest BCUT2D eigenvalue weighted by Crippen LogP contribution is -2.18. The fraction of sp³-hybridized carbons (Fsp3) is 0.200. The van der Waals surface area contributed by atoms with Gasteiger partial charge in [-0.3, -0.25) is 14.2 Å². The van der Waals surface area contributed by atoms with Gasteiger partial charge in [0, 0.05) is 16.7 Å². The summed E-state index contributed by atoms with van der Waals surface area (Å²) in [5.41, 5.74) is 5.33. The Balaban J connectivity index is 2.11. The van der Waals surface area contributed by atoms with Crippen LogP contribution in [0, 0.1) is 34.6 Å². The maximum atomic E-state index is 13.4. The van der Waals surface area contributed by atoms with Crippen LogP contribution in [0.15, 0.2) is 54.6 Å². The van der Waals surface area contributed by atoms with E-state index in [4.69, 9.17) is 0 Å². The third kappa shape index (κ3) is 3.83. The van der Waals surface area contributed by atoms with E-state index >= 15 is 0 Å². The average Bonchev–Trinajstić information content (AvgIpc) is 2.70. The summed E-state index contributed by atoms with van der Waals surface area (Å²) in [4.78, 5) is 26.5. The van der Waals surface area contributed by atoms with E-state index in [1.165, 1.54) is 0 Å². The Labute approximate surface area is 172 Å². The van der Waals surface area contributed by atoms with E-state index in [0.717, 1.165) is 27.8 Å².